The summed E-state index contributed by atoms with van der Waals surface area (Å²) in [5, 5.41) is 3.17. The Morgan fingerprint density at radius 2 is 1.76 bits per heavy atom. The zero-order chi connectivity index (χ0) is 23.7. The van der Waals surface area contributed by atoms with Crippen LogP contribution in [0.25, 0.3) is 0 Å². The van der Waals surface area contributed by atoms with E-state index in [0.29, 0.717) is 22.0 Å². The summed E-state index contributed by atoms with van der Waals surface area (Å²) >= 11 is 12.4. The third kappa shape index (κ3) is 4.63. The van der Waals surface area contributed by atoms with Crippen molar-refractivity contribution in [2.75, 3.05) is 17.3 Å². The Balaban J connectivity index is 1.54. The van der Waals surface area contributed by atoms with E-state index in [4.69, 9.17) is 23.2 Å². The highest BCUT2D eigenvalue weighted by Crippen LogP contribution is 2.32. The van der Waals surface area contributed by atoms with E-state index in [1.54, 1.807) is 47.4 Å². The molecule has 6 nitrogen and oxygen atoms in total. The molecule has 3 amide bonds. The van der Waals surface area contributed by atoms with E-state index < -0.39 is 11.8 Å². The van der Waals surface area contributed by atoms with Crippen LogP contribution < -0.4 is 10.2 Å². The van der Waals surface area contributed by atoms with Crippen molar-refractivity contribution in [2.24, 2.45) is 0 Å². The Bertz CT molecular complexity index is 1160. The molecule has 4 rings (SSSR count). The van der Waals surface area contributed by atoms with Crippen LogP contribution in [-0.2, 0) is 9.59 Å². The molecule has 1 N–H and O–H groups in total. The molecule has 0 saturated heterocycles. The van der Waals surface area contributed by atoms with Crippen LogP contribution in [0.15, 0.2) is 53.2 Å². The van der Waals surface area contributed by atoms with Crippen LogP contribution in [0.3, 0.4) is 0 Å². The number of carbonyl (C=O) groups is 3. The van der Waals surface area contributed by atoms with E-state index in [0.717, 1.165) is 36.1 Å². The molecule has 0 radical (unpaired) electrons. The number of carbonyl (C=O) groups excluding carboxylic acids is 3. The number of halogens is 2. The Morgan fingerprint density at radius 3 is 2.45 bits per heavy atom. The summed E-state index contributed by atoms with van der Waals surface area (Å²) in [5.41, 5.74) is 2.13. The highest BCUT2D eigenvalue weighted by molar-refractivity contribution is 6.53. The van der Waals surface area contributed by atoms with Gasteiger partial charge in [0.25, 0.3) is 17.7 Å². The van der Waals surface area contributed by atoms with Crippen molar-refractivity contribution in [1.29, 1.82) is 0 Å². The van der Waals surface area contributed by atoms with Gasteiger partial charge in [-0.2, -0.15) is 0 Å². The third-order valence-corrected chi connectivity index (χ3v) is 7.02. The van der Waals surface area contributed by atoms with Gasteiger partial charge in [0.15, 0.2) is 0 Å². The van der Waals surface area contributed by atoms with Crippen LogP contribution in [0.2, 0.25) is 5.02 Å². The Hall–Kier alpha value is -2.83. The van der Waals surface area contributed by atoms with Crippen molar-refractivity contribution in [2.45, 2.75) is 45.1 Å². The van der Waals surface area contributed by atoms with Gasteiger partial charge in [-0.25, -0.2) is 4.90 Å². The number of hydrogen-bond acceptors (Lipinski definition) is 4. The van der Waals surface area contributed by atoms with Gasteiger partial charge in [0.2, 0.25) is 0 Å². The quantitative estimate of drug-likeness (QED) is 0.568. The van der Waals surface area contributed by atoms with Crippen molar-refractivity contribution in [3.8, 4) is 0 Å². The largest absolute Gasteiger partial charge is 0.350 e. The highest BCUT2D eigenvalue weighted by atomic mass is 35.5. The maximum absolute atomic E-state index is 13.0. The SMILES string of the molecule is Cc1ccc(N2C(=O)C(Cl)=C(Nc3cccc(C(=O)N(C)C4CCCCC4)c3)C2=O)cc1Cl. The molecule has 2 aromatic carbocycles. The van der Waals surface area contributed by atoms with Crippen LogP contribution in [0, 0.1) is 6.92 Å². The Labute approximate surface area is 203 Å². The van der Waals surface area contributed by atoms with Crippen molar-refractivity contribution in [3.63, 3.8) is 0 Å². The summed E-state index contributed by atoms with van der Waals surface area (Å²) in [6, 6.07) is 12.0. The number of rotatable bonds is 5. The Kier molecular flexibility index (Phi) is 6.77. The van der Waals surface area contributed by atoms with Gasteiger partial charge in [0, 0.05) is 29.4 Å². The number of aryl methyl sites for hydroxylation is 1. The minimum absolute atomic E-state index is 0.0383. The van der Waals surface area contributed by atoms with E-state index in [2.05, 4.69) is 5.32 Å². The fourth-order valence-electron chi connectivity index (χ4n) is 4.28. The van der Waals surface area contributed by atoms with E-state index >= 15 is 0 Å². The summed E-state index contributed by atoms with van der Waals surface area (Å²) in [6.07, 6.45) is 5.51. The molecule has 0 aromatic heterocycles. The lowest BCUT2D eigenvalue weighted by Gasteiger charge is -2.31. The zero-order valence-electron chi connectivity index (χ0n) is 18.5. The maximum Gasteiger partial charge on any atom is 0.283 e. The first-order valence-electron chi connectivity index (χ1n) is 11.0. The molecule has 1 heterocycles. The minimum atomic E-state index is -0.631. The van der Waals surface area contributed by atoms with Crippen LogP contribution in [0.5, 0.6) is 0 Å². The minimum Gasteiger partial charge on any atom is -0.350 e. The van der Waals surface area contributed by atoms with Gasteiger partial charge in [-0.3, -0.25) is 14.4 Å². The van der Waals surface area contributed by atoms with Crippen molar-refractivity contribution in [3.05, 3.63) is 69.3 Å². The number of nitrogens with zero attached hydrogens (tertiary/aromatic N) is 2. The third-order valence-electron chi connectivity index (χ3n) is 6.26. The predicted molar refractivity (Wildman–Crippen MR) is 131 cm³/mol. The first-order chi connectivity index (χ1) is 15.8. The molecule has 0 spiro atoms. The molecule has 1 aliphatic heterocycles. The molecule has 2 aromatic rings. The number of benzene rings is 2. The Morgan fingerprint density at radius 1 is 1.03 bits per heavy atom. The summed E-state index contributed by atoms with van der Waals surface area (Å²) in [7, 11) is 1.83. The van der Waals surface area contributed by atoms with Gasteiger partial charge in [-0.1, -0.05) is 54.6 Å². The zero-order valence-corrected chi connectivity index (χ0v) is 20.0. The number of imide groups is 1. The van der Waals surface area contributed by atoms with Crippen LogP contribution in [0.4, 0.5) is 11.4 Å². The van der Waals surface area contributed by atoms with Gasteiger partial charge in [0.05, 0.1) is 5.69 Å². The standard InChI is InChI=1S/C25H25Cl2N3O3/c1-15-11-12-19(14-20(15)26)30-24(32)21(27)22(25(30)33)28-17-8-6-7-16(13-17)23(31)29(2)18-9-4-3-5-10-18/h6-8,11-14,18,28H,3-5,9-10H2,1-2H3. The second-order valence-corrected chi connectivity index (χ2v) is 9.27. The fraction of sp³-hybridized carbons (Fsp3) is 0.320. The van der Waals surface area contributed by atoms with Crippen LogP contribution in [-0.4, -0.2) is 35.7 Å². The smallest absolute Gasteiger partial charge is 0.283 e. The average Bonchev–Trinajstić information content (AvgIpc) is 3.04. The monoisotopic (exact) mass is 485 g/mol. The highest BCUT2D eigenvalue weighted by Gasteiger charge is 2.39. The first-order valence-corrected chi connectivity index (χ1v) is 11.7. The summed E-state index contributed by atoms with van der Waals surface area (Å²) in [5.74, 6) is -1.29. The van der Waals surface area contributed by atoms with Crippen molar-refractivity contribution >= 4 is 52.3 Å². The molecule has 2 aliphatic rings. The van der Waals surface area contributed by atoms with Gasteiger partial charge >= 0.3 is 0 Å². The number of nitrogens with one attached hydrogen (secondary N) is 1. The average molecular weight is 486 g/mol. The molecular weight excluding hydrogens is 461 g/mol. The van der Waals surface area contributed by atoms with Crippen LogP contribution in [0.1, 0.15) is 48.0 Å². The number of anilines is 2. The van der Waals surface area contributed by atoms with Gasteiger partial charge in [-0.15, -0.1) is 0 Å². The summed E-state index contributed by atoms with van der Waals surface area (Å²) < 4.78 is 0. The predicted octanol–water partition coefficient (Wildman–Crippen LogP) is 5.49. The fourth-order valence-corrected chi connectivity index (χ4v) is 4.67. The van der Waals surface area contributed by atoms with Gasteiger partial charge in [-0.05, 0) is 55.7 Å². The molecule has 1 saturated carbocycles. The normalized spacial score (nSPS) is 17.0. The van der Waals surface area contributed by atoms with Crippen LogP contribution >= 0.6 is 23.2 Å². The van der Waals surface area contributed by atoms with E-state index in [9.17, 15) is 14.4 Å². The molecule has 0 atom stereocenters. The summed E-state index contributed by atoms with van der Waals surface area (Å²) in [4.78, 5) is 41.6. The second kappa shape index (κ2) is 9.57. The van der Waals surface area contributed by atoms with Crippen molar-refractivity contribution in [1.82, 2.24) is 4.90 Å². The lowest BCUT2D eigenvalue weighted by molar-refractivity contribution is -0.120. The molecule has 8 heteroatoms. The summed E-state index contributed by atoms with van der Waals surface area (Å²) in [6.45, 7) is 1.83. The first kappa shape index (κ1) is 23.3. The molecule has 33 heavy (non-hydrogen) atoms. The molecule has 0 bridgehead atoms. The molecule has 1 fully saturated rings. The van der Waals surface area contributed by atoms with E-state index in [-0.39, 0.29) is 22.7 Å². The molecule has 0 unspecified atom stereocenters. The van der Waals surface area contributed by atoms with Crippen molar-refractivity contribution < 1.29 is 14.4 Å². The molecule has 172 valence electrons. The lowest BCUT2D eigenvalue weighted by atomic mass is 9.94. The molecular formula is C25H25Cl2N3O3. The number of amides is 3. The van der Waals surface area contributed by atoms with Gasteiger partial charge in [0.1, 0.15) is 10.7 Å². The topological polar surface area (TPSA) is 69.7 Å². The maximum atomic E-state index is 13.0. The lowest BCUT2D eigenvalue weighted by Crippen LogP contribution is -2.38. The van der Waals surface area contributed by atoms with Gasteiger partial charge < -0.3 is 10.2 Å². The van der Waals surface area contributed by atoms with E-state index in [1.807, 2.05) is 14.0 Å². The second-order valence-electron chi connectivity index (χ2n) is 8.48. The number of hydrogen-bond donors (Lipinski definition) is 1. The van der Waals surface area contributed by atoms with E-state index in [1.165, 1.54) is 6.42 Å². The molecule has 1 aliphatic carbocycles.